The standard InChI is InChI=1S/C15H20N4O2/c16-15(20)19-21-9-8-13(14-10-17-11-18-14)7-6-12-4-2-1-3-5-12/h1-5,10-11,13H,6-9H2,(H,17,18)(H3,16,19,20). The number of nitrogens with two attached hydrogens (primary N) is 1. The van der Waals surface area contributed by atoms with E-state index in [1.807, 2.05) is 24.4 Å². The summed E-state index contributed by atoms with van der Waals surface area (Å²) in [4.78, 5) is 22.8. The third-order valence-electron chi connectivity index (χ3n) is 3.32. The average molecular weight is 288 g/mol. The lowest BCUT2D eigenvalue weighted by molar-refractivity contribution is 0.0590. The molecule has 2 aromatic rings. The second-order valence-electron chi connectivity index (χ2n) is 4.83. The number of aryl methyl sites for hydroxylation is 1. The Kier molecular flexibility index (Phi) is 5.78. The topological polar surface area (TPSA) is 93.0 Å². The molecule has 112 valence electrons. The second kappa shape index (κ2) is 8.06. The van der Waals surface area contributed by atoms with Crippen LogP contribution in [0, 0.1) is 0 Å². The Balaban J connectivity index is 1.86. The highest BCUT2D eigenvalue weighted by atomic mass is 16.7. The van der Waals surface area contributed by atoms with Crippen LogP contribution in [0.4, 0.5) is 4.79 Å². The van der Waals surface area contributed by atoms with Crippen LogP contribution < -0.4 is 11.2 Å². The highest BCUT2D eigenvalue weighted by molar-refractivity contribution is 5.70. The third-order valence-corrected chi connectivity index (χ3v) is 3.32. The van der Waals surface area contributed by atoms with Crippen LogP contribution in [-0.2, 0) is 11.3 Å². The first-order valence-corrected chi connectivity index (χ1v) is 6.95. The van der Waals surface area contributed by atoms with Gasteiger partial charge in [-0.3, -0.25) is 4.84 Å². The first-order valence-electron chi connectivity index (χ1n) is 6.95. The molecular formula is C15H20N4O2. The van der Waals surface area contributed by atoms with Crippen molar-refractivity contribution in [2.75, 3.05) is 6.61 Å². The normalized spacial score (nSPS) is 12.0. The van der Waals surface area contributed by atoms with E-state index >= 15 is 0 Å². The van der Waals surface area contributed by atoms with Crippen LogP contribution in [0.25, 0.3) is 0 Å². The minimum Gasteiger partial charge on any atom is -0.350 e. The summed E-state index contributed by atoms with van der Waals surface area (Å²) in [5, 5.41) is 0. The molecule has 0 aliphatic carbocycles. The van der Waals surface area contributed by atoms with Crippen molar-refractivity contribution in [1.82, 2.24) is 15.4 Å². The van der Waals surface area contributed by atoms with E-state index < -0.39 is 6.03 Å². The molecule has 1 aromatic heterocycles. The molecule has 4 N–H and O–H groups in total. The molecule has 21 heavy (non-hydrogen) atoms. The number of hydrogen-bond acceptors (Lipinski definition) is 3. The average Bonchev–Trinajstić information content (AvgIpc) is 3.01. The van der Waals surface area contributed by atoms with Crippen LogP contribution in [0.5, 0.6) is 0 Å². The van der Waals surface area contributed by atoms with Gasteiger partial charge in [-0.25, -0.2) is 15.3 Å². The van der Waals surface area contributed by atoms with Crippen molar-refractivity contribution in [3.8, 4) is 0 Å². The minimum absolute atomic E-state index is 0.294. The van der Waals surface area contributed by atoms with Crippen molar-refractivity contribution in [2.45, 2.75) is 25.2 Å². The molecule has 2 rings (SSSR count). The molecule has 1 atom stereocenters. The van der Waals surface area contributed by atoms with E-state index in [0.29, 0.717) is 12.5 Å². The van der Waals surface area contributed by atoms with Crippen LogP contribution in [0.1, 0.15) is 30.0 Å². The Morgan fingerprint density at radius 1 is 1.33 bits per heavy atom. The molecule has 0 saturated carbocycles. The van der Waals surface area contributed by atoms with Gasteiger partial charge in [0.05, 0.1) is 12.9 Å². The van der Waals surface area contributed by atoms with Gasteiger partial charge in [0.15, 0.2) is 0 Å². The number of amides is 2. The maximum Gasteiger partial charge on any atom is 0.336 e. The zero-order chi connectivity index (χ0) is 14.9. The summed E-state index contributed by atoms with van der Waals surface area (Å²) in [6.07, 6.45) is 6.24. The molecule has 0 spiro atoms. The van der Waals surface area contributed by atoms with Crippen molar-refractivity contribution in [3.05, 3.63) is 54.1 Å². The van der Waals surface area contributed by atoms with Gasteiger partial charge >= 0.3 is 6.03 Å². The third kappa shape index (κ3) is 5.27. The monoisotopic (exact) mass is 288 g/mol. The zero-order valence-corrected chi connectivity index (χ0v) is 11.8. The maximum absolute atomic E-state index is 10.6. The van der Waals surface area contributed by atoms with Gasteiger partial charge in [0, 0.05) is 17.8 Å². The van der Waals surface area contributed by atoms with E-state index in [4.69, 9.17) is 10.6 Å². The minimum atomic E-state index is -0.683. The predicted molar refractivity (Wildman–Crippen MR) is 79.4 cm³/mol. The van der Waals surface area contributed by atoms with Gasteiger partial charge in [-0.1, -0.05) is 30.3 Å². The Morgan fingerprint density at radius 3 is 2.81 bits per heavy atom. The molecule has 0 fully saturated rings. The molecule has 0 saturated heterocycles. The van der Waals surface area contributed by atoms with Gasteiger partial charge < -0.3 is 10.7 Å². The number of urea groups is 1. The number of carbonyl (C=O) groups is 1. The molecule has 0 aliphatic rings. The van der Waals surface area contributed by atoms with Gasteiger partial charge in [0.2, 0.25) is 0 Å². The summed E-state index contributed by atoms with van der Waals surface area (Å²) in [5.41, 5.74) is 9.46. The van der Waals surface area contributed by atoms with Crippen LogP contribution in [0.3, 0.4) is 0 Å². The van der Waals surface area contributed by atoms with E-state index in [1.165, 1.54) is 5.56 Å². The highest BCUT2D eigenvalue weighted by Gasteiger charge is 2.13. The first-order chi connectivity index (χ1) is 10.3. The molecule has 1 unspecified atom stereocenters. The molecule has 6 nitrogen and oxygen atoms in total. The number of nitrogens with one attached hydrogen (secondary N) is 2. The van der Waals surface area contributed by atoms with Crippen molar-refractivity contribution in [2.24, 2.45) is 5.73 Å². The summed E-state index contributed by atoms with van der Waals surface area (Å²) >= 11 is 0. The Bertz CT molecular complexity index is 528. The molecule has 1 aromatic carbocycles. The summed E-state index contributed by atoms with van der Waals surface area (Å²) in [7, 11) is 0. The van der Waals surface area contributed by atoms with Crippen LogP contribution in [0.2, 0.25) is 0 Å². The van der Waals surface area contributed by atoms with Crippen LogP contribution in [0.15, 0.2) is 42.9 Å². The van der Waals surface area contributed by atoms with E-state index in [2.05, 4.69) is 27.6 Å². The zero-order valence-electron chi connectivity index (χ0n) is 11.8. The Labute approximate surface area is 123 Å². The lowest BCUT2D eigenvalue weighted by atomic mass is 9.94. The van der Waals surface area contributed by atoms with Crippen molar-refractivity contribution < 1.29 is 9.63 Å². The quantitative estimate of drug-likeness (QED) is 0.513. The van der Waals surface area contributed by atoms with Gasteiger partial charge in [0.1, 0.15) is 0 Å². The largest absolute Gasteiger partial charge is 0.350 e. The number of nitrogens with zero attached hydrogens (tertiary/aromatic N) is 1. The smallest absolute Gasteiger partial charge is 0.336 e. The number of aromatic amines is 1. The molecule has 0 radical (unpaired) electrons. The number of imidazole rings is 1. The predicted octanol–water partition coefficient (Wildman–Crippen LogP) is 2.12. The van der Waals surface area contributed by atoms with Crippen molar-refractivity contribution in [3.63, 3.8) is 0 Å². The van der Waals surface area contributed by atoms with Crippen LogP contribution >= 0.6 is 0 Å². The number of carbonyl (C=O) groups excluding carboxylic acids is 1. The van der Waals surface area contributed by atoms with Gasteiger partial charge in [0.25, 0.3) is 0 Å². The lowest BCUT2D eigenvalue weighted by Crippen LogP contribution is -2.30. The van der Waals surface area contributed by atoms with E-state index in [0.717, 1.165) is 25.0 Å². The number of hydroxylamine groups is 1. The molecule has 1 heterocycles. The number of rotatable bonds is 8. The summed E-state index contributed by atoms with van der Waals surface area (Å²) in [5.74, 6) is 0.294. The van der Waals surface area contributed by atoms with Crippen LogP contribution in [-0.4, -0.2) is 22.6 Å². The van der Waals surface area contributed by atoms with Crippen molar-refractivity contribution >= 4 is 6.03 Å². The fourth-order valence-electron chi connectivity index (χ4n) is 2.25. The van der Waals surface area contributed by atoms with Gasteiger partial charge in [-0.05, 0) is 24.8 Å². The summed E-state index contributed by atoms with van der Waals surface area (Å²) < 4.78 is 0. The number of primary amides is 1. The first kappa shape index (κ1) is 15.1. The van der Waals surface area contributed by atoms with Gasteiger partial charge in [-0.2, -0.15) is 0 Å². The Morgan fingerprint density at radius 2 is 2.14 bits per heavy atom. The molecule has 2 amide bonds. The lowest BCUT2D eigenvalue weighted by Gasteiger charge is -2.15. The number of hydrogen-bond donors (Lipinski definition) is 3. The SMILES string of the molecule is NC(=O)NOCCC(CCc1ccccc1)c1cnc[nH]1. The van der Waals surface area contributed by atoms with E-state index in [-0.39, 0.29) is 0 Å². The van der Waals surface area contributed by atoms with E-state index in [1.54, 1.807) is 6.33 Å². The fraction of sp³-hybridized carbons (Fsp3) is 0.333. The highest BCUT2D eigenvalue weighted by Crippen LogP contribution is 2.23. The second-order valence-corrected chi connectivity index (χ2v) is 4.83. The number of H-pyrrole nitrogens is 1. The van der Waals surface area contributed by atoms with Crippen molar-refractivity contribution in [1.29, 1.82) is 0 Å². The fourth-order valence-corrected chi connectivity index (χ4v) is 2.25. The molecule has 6 heteroatoms. The molecule has 0 bridgehead atoms. The molecule has 0 aliphatic heterocycles. The van der Waals surface area contributed by atoms with Gasteiger partial charge in [-0.15, -0.1) is 0 Å². The summed E-state index contributed by atoms with van der Waals surface area (Å²) in [6.45, 7) is 0.404. The maximum atomic E-state index is 10.6. The van der Waals surface area contributed by atoms with E-state index in [9.17, 15) is 4.79 Å². The molecular weight excluding hydrogens is 268 g/mol. The summed E-state index contributed by atoms with van der Waals surface area (Å²) in [6, 6.07) is 9.65. The number of aromatic nitrogens is 2. The number of benzene rings is 1. The Hall–Kier alpha value is -2.34.